The van der Waals surface area contributed by atoms with Gasteiger partial charge in [-0.2, -0.15) is 4.39 Å². The molecule has 0 aliphatic heterocycles. The van der Waals surface area contributed by atoms with Gasteiger partial charge in [0.05, 0.1) is 0 Å². The highest BCUT2D eigenvalue weighted by molar-refractivity contribution is 5.86. The lowest BCUT2D eigenvalue weighted by atomic mass is 10.4. The summed E-state index contributed by atoms with van der Waals surface area (Å²) in [6, 6.07) is 0. The largest absolute Gasteiger partial charge is 0.478 e. The summed E-state index contributed by atoms with van der Waals surface area (Å²) in [6.07, 6.45) is 0.504. The minimum absolute atomic E-state index is 0.214. The van der Waals surface area contributed by atoms with Crippen molar-refractivity contribution < 1.29 is 28.6 Å². The summed E-state index contributed by atoms with van der Waals surface area (Å²) >= 11 is 0. The maximum absolute atomic E-state index is 12.2. The fourth-order valence-corrected chi connectivity index (χ4v) is 0.320. The minimum Gasteiger partial charge on any atom is -0.478 e. The van der Waals surface area contributed by atoms with Crippen molar-refractivity contribution in [2.45, 2.75) is 0 Å². The number of aliphatic carboxylic acids is 2. The van der Waals surface area contributed by atoms with E-state index in [2.05, 4.69) is 0 Å². The molecule has 0 bridgehead atoms. The van der Waals surface area contributed by atoms with E-state index in [0.29, 0.717) is 0 Å². The van der Waals surface area contributed by atoms with Crippen LogP contribution < -0.4 is 0 Å². The Morgan fingerprint density at radius 3 is 1.92 bits per heavy atom. The molecular formula is C6H4F2O4. The Bertz CT molecular complexity index is 267. The van der Waals surface area contributed by atoms with Crippen LogP contribution in [-0.4, -0.2) is 22.2 Å². The summed E-state index contributed by atoms with van der Waals surface area (Å²) in [6.45, 7) is 0. The van der Waals surface area contributed by atoms with E-state index >= 15 is 0 Å². The second kappa shape index (κ2) is 4.22. The monoisotopic (exact) mass is 178 g/mol. The van der Waals surface area contributed by atoms with Crippen LogP contribution >= 0.6 is 0 Å². The maximum Gasteiger partial charge on any atom is 0.367 e. The molecule has 0 fully saturated rings. The summed E-state index contributed by atoms with van der Waals surface area (Å²) in [5.74, 6) is -7.33. The van der Waals surface area contributed by atoms with Gasteiger partial charge in [0, 0.05) is 6.08 Å². The smallest absolute Gasteiger partial charge is 0.367 e. The highest BCUT2D eigenvalue weighted by atomic mass is 19.2. The molecule has 4 nitrogen and oxygen atoms in total. The van der Waals surface area contributed by atoms with Gasteiger partial charge in [-0.25, -0.2) is 14.0 Å². The molecule has 12 heavy (non-hydrogen) atoms. The van der Waals surface area contributed by atoms with Crippen LogP contribution in [0.5, 0.6) is 0 Å². The van der Waals surface area contributed by atoms with E-state index in [-0.39, 0.29) is 12.2 Å². The van der Waals surface area contributed by atoms with Crippen molar-refractivity contribution in [3.8, 4) is 0 Å². The summed E-state index contributed by atoms with van der Waals surface area (Å²) < 4.78 is 24.2. The van der Waals surface area contributed by atoms with Crippen molar-refractivity contribution in [1.29, 1.82) is 0 Å². The zero-order chi connectivity index (χ0) is 9.72. The molecule has 0 aliphatic rings. The van der Waals surface area contributed by atoms with E-state index in [1.54, 1.807) is 0 Å². The van der Waals surface area contributed by atoms with Gasteiger partial charge in [0.1, 0.15) is 0 Å². The van der Waals surface area contributed by atoms with Crippen molar-refractivity contribution >= 4 is 11.9 Å². The lowest BCUT2D eigenvalue weighted by molar-refractivity contribution is -0.134. The molecule has 0 spiro atoms. The van der Waals surface area contributed by atoms with E-state index in [1.807, 2.05) is 0 Å². The Morgan fingerprint density at radius 2 is 1.58 bits per heavy atom. The first kappa shape index (κ1) is 10.3. The molecule has 0 aromatic carbocycles. The SMILES string of the molecule is O=C(O)/C=C/C(F)=C(\F)C(=O)O. The molecule has 0 amide bonds. The van der Waals surface area contributed by atoms with Gasteiger partial charge in [-0.15, -0.1) is 0 Å². The average molecular weight is 178 g/mol. The molecule has 0 unspecified atom stereocenters. The van der Waals surface area contributed by atoms with Crippen LogP contribution in [-0.2, 0) is 9.59 Å². The van der Waals surface area contributed by atoms with Crippen molar-refractivity contribution in [3.05, 3.63) is 23.8 Å². The fraction of sp³-hybridized carbons (Fsp3) is 0. The molecular weight excluding hydrogens is 174 g/mol. The van der Waals surface area contributed by atoms with Crippen molar-refractivity contribution in [3.63, 3.8) is 0 Å². The van der Waals surface area contributed by atoms with Crippen LogP contribution in [0.2, 0.25) is 0 Å². The van der Waals surface area contributed by atoms with Gasteiger partial charge in [0.15, 0.2) is 5.83 Å². The first-order chi connectivity index (χ1) is 5.45. The van der Waals surface area contributed by atoms with Gasteiger partial charge in [-0.1, -0.05) is 0 Å². The standard InChI is InChI=1S/C6H4F2O4/c7-3(1-2-4(9)10)5(8)6(11)12/h1-2H,(H,9,10)(H,11,12)/b2-1+,5-3+. The molecule has 66 valence electrons. The molecule has 0 saturated carbocycles. The first-order valence-electron chi connectivity index (χ1n) is 2.64. The molecule has 0 rings (SSSR count). The second-order valence-corrected chi connectivity index (χ2v) is 1.64. The summed E-state index contributed by atoms with van der Waals surface area (Å²) in [5.41, 5.74) is 0. The molecule has 0 saturated heterocycles. The third-order valence-electron chi connectivity index (χ3n) is 0.770. The average Bonchev–Trinajstić information content (AvgIpc) is 1.98. The zero-order valence-corrected chi connectivity index (χ0v) is 5.62. The normalized spacial score (nSPS) is 12.8. The Balaban J connectivity index is 4.58. The van der Waals surface area contributed by atoms with E-state index in [0.717, 1.165) is 0 Å². The van der Waals surface area contributed by atoms with Crippen LogP contribution in [0.4, 0.5) is 8.78 Å². The van der Waals surface area contributed by atoms with E-state index < -0.39 is 23.6 Å². The molecule has 2 N–H and O–H groups in total. The zero-order valence-electron chi connectivity index (χ0n) is 5.62. The van der Waals surface area contributed by atoms with Gasteiger partial charge < -0.3 is 10.2 Å². The minimum atomic E-state index is -2.08. The van der Waals surface area contributed by atoms with Crippen LogP contribution in [0.1, 0.15) is 0 Å². The lowest BCUT2D eigenvalue weighted by Crippen LogP contribution is -1.96. The summed E-state index contributed by atoms with van der Waals surface area (Å²) in [5, 5.41) is 15.8. The number of carbonyl (C=O) groups is 2. The van der Waals surface area contributed by atoms with Crippen molar-refractivity contribution in [2.75, 3.05) is 0 Å². The van der Waals surface area contributed by atoms with E-state index in [9.17, 15) is 18.4 Å². The van der Waals surface area contributed by atoms with Gasteiger partial charge in [-0.3, -0.25) is 0 Å². The number of hydrogen-bond acceptors (Lipinski definition) is 2. The molecule has 0 radical (unpaired) electrons. The quantitative estimate of drug-likeness (QED) is 0.496. The van der Waals surface area contributed by atoms with Crippen LogP contribution in [0.15, 0.2) is 23.8 Å². The topological polar surface area (TPSA) is 74.6 Å². The number of hydrogen-bond donors (Lipinski definition) is 2. The Kier molecular flexibility index (Phi) is 3.61. The van der Waals surface area contributed by atoms with Crippen molar-refractivity contribution in [2.24, 2.45) is 0 Å². The molecule has 6 heteroatoms. The molecule has 0 aromatic heterocycles. The Labute approximate surface area is 65.4 Å². The highest BCUT2D eigenvalue weighted by Crippen LogP contribution is 2.08. The third kappa shape index (κ3) is 3.45. The number of carboxylic acids is 2. The Morgan fingerprint density at radius 1 is 1.08 bits per heavy atom. The third-order valence-corrected chi connectivity index (χ3v) is 0.770. The predicted octanol–water partition coefficient (Wildman–Crippen LogP) is 0.862. The summed E-state index contributed by atoms with van der Waals surface area (Å²) in [4.78, 5) is 19.5. The molecule has 0 atom stereocenters. The van der Waals surface area contributed by atoms with E-state index in [1.165, 1.54) is 0 Å². The Hall–Kier alpha value is -1.72. The lowest BCUT2D eigenvalue weighted by Gasteiger charge is -1.87. The molecule has 0 heterocycles. The number of allylic oxidation sites excluding steroid dienone is 2. The molecule has 0 aromatic rings. The fourth-order valence-electron chi connectivity index (χ4n) is 0.320. The maximum atomic E-state index is 12.2. The molecule has 0 aliphatic carbocycles. The second-order valence-electron chi connectivity index (χ2n) is 1.64. The van der Waals surface area contributed by atoms with Crippen LogP contribution in [0.3, 0.4) is 0 Å². The highest BCUT2D eigenvalue weighted by Gasteiger charge is 2.11. The number of rotatable bonds is 3. The van der Waals surface area contributed by atoms with Gasteiger partial charge in [0.2, 0.25) is 5.83 Å². The van der Waals surface area contributed by atoms with Gasteiger partial charge in [0.25, 0.3) is 0 Å². The summed E-state index contributed by atoms with van der Waals surface area (Å²) in [7, 11) is 0. The van der Waals surface area contributed by atoms with E-state index in [4.69, 9.17) is 10.2 Å². The van der Waals surface area contributed by atoms with Gasteiger partial charge >= 0.3 is 11.9 Å². The first-order valence-corrected chi connectivity index (χ1v) is 2.64. The van der Waals surface area contributed by atoms with Crippen LogP contribution in [0, 0.1) is 0 Å². The van der Waals surface area contributed by atoms with Crippen LogP contribution in [0.25, 0.3) is 0 Å². The number of halogens is 2. The van der Waals surface area contributed by atoms with Crippen molar-refractivity contribution in [1.82, 2.24) is 0 Å². The number of carboxylic acid groups (broad SMARTS) is 2. The predicted molar refractivity (Wildman–Crippen MR) is 33.7 cm³/mol. The van der Waals surface area contributed by atoms with Gasteiger partial charge in [-0.05, 0) is 6.08 Å².